The van der Waals surface area contributed by atoms with Gasteiger partial charge in [0.1, 0.15) is 18.2 Å². The van der Waals surface area contributed by atoms with Crippen molar-refractivity contribution in [2.75, 3.05) is 6.66 Å². The summed E-state index contributed by atoms with van der Waals surface area (Å²) in [6.07, 6.45) is 0.763. The molecule has 142 valence electrons. The van der Waals surface area contributed by atoms with Gasteiger partial charge in [-0.25, -0.2) is 0 Å². The lowest BCUT2D eigenvalue weighted by molar-refractivity contribution is 0.466. The molecule has 2 aromatic carbocycles. The second-order valence-electron chi connectivity index (χ2n) is 7.19. The molecule has 0 saturated heterocycles. The first-order valence-corrected chi connectivity index (χ1v) is 10.4. The summed E-state index contributed by atoms with van der Waals surface area (Å²) in [7, 11) is -1.27. The van der Waals surface area contributed by atoms with E-state index in [0.29, 0.717) is 11.5 Å². The number of rotatable bonds is 5. The van der Waals surface area contributed by atoms with E-state index in [1.54, 1.807) is 6.66 Å². The second kappa shape index (κ2) is 8.68. The van der Waals surface area contributed by atoms with E-state index in [1.165, 1.54) is 0 Å². The zero-order valence-electron chi connectivity index (χ0n) is 15.9. The smallest absolute Gasteiger partial charge is 0.338 e. The fourth-order valence-corrected chi connectivity index (χ4v) is 3.84. The number of hydrogen-bond acceptors (Lipinski definition) is 3. The predicted octanol–water partition coefficient (Wildman–Crippen LogP) is 6.34. The van der Waals surface area contributed by atoms with Gasteiger partial charge in [0.15, 0.2) is 5.66 Å². The zero-order valence-corrected chi connectivity index (χ0v) is 16.8. The third kappa shape index (κ3) is 4.65. The summed E-state index contributed by atoms with van der Waals surface area (Å²) >= 11 is 0. The molecule has 0 spiro atoms. The lowest BCUT2D eigenvalue weighted by Gasteiger charge is -2.21. The van der Waals surface area contributed by atoms with Gasteiger partial charge in [-0.1, -0.05) is 36.3 Å². The largest absolute Gasteiger partial charge is 0.507 e. The first kappa shape index (κ1) is 22.2. The highest BCUT2D eigenvalue weighted by atomic mass is 31.1. The minimum absolute atomic E-state index is 0. The van der Waals surface area contributed by atoms with Crippen molar-refractivity contribution in [2.45, 2.75) is 60.0 Å². The Bertz CT molecular complexity index is 708. The molecule has 0 aliphatic heterocycles. The van der Waals surface area contributed by atoms with Crippen LogP contribution in [0.15, 0.2) is 24.3 Å². The number of aryl methyl sites for hydroxylation is 4. The first-order valence-electron chi connectivity index (χ1n) is 8.62. The Labute approximate surface area is 158 Å². The molecule has 3 nitrogen and oxygen atoms in total. The molecule has 2 aromatic rings. The summed E-state index contributed by atoms with van der Waals surface area (Å²) in [6, 6.07) is 8.06. The van der Waals surface area contributed by atoms with Crippen LogP contribution < -0.4 is 0 Å². The van der Waals surface area contributed by atoms with Gasteiger partial charge in [-0.05, 0) is 68.0 Å². The van der Waals surface area contributed by atoms with E-state index in [2.05, 4.69) is 0 Å². The molecule has 0 aliphatic carbocycles. The van der Waals surface area contributed by atoms with Gasteiger partial charge in [0.05, 0.1) is 0 Å². The lowest BCUT2D eigenvalue weighted by Crippen LogP contribution is -2.09. The molecule has 0 aromatic heterocycles. The molecule has 0 saturated carbocycles. The van der Waals surface area contributed by atoms with Crippen molar-refractivity contribution in [3.8, 4) is 11.5 Å². The summed E-state index contributed by atoms with van der Waals surface area (Å²) in [6.45, 7) is 11.4. The standard InChI is InChI=1S/C21H27O3P.CH4/c1-12-7-17(8-13(2)20(12)22)19(11-16(5)25(6)24)18-9-14(3)21(23)15(4)10-18;/h7-10,16,19H,11H2,1-6H3,(H-,22,23);1H4/p+1. The van der Waals surface area contributed by atoms with Gasteiger partial charge in [-0.15, -0.1) is 0 Å². The molecule has 0 fully saturated rings. The maximum Gasteiger partial charge on any atom is 0.338 e. The van der Waals surface area contributed by atoms with Crippen molar-refractivity contribution in [3.63, 3.8) is 0 Å². The Morgan fingerprint density at radius 3 is 1.42 bits per heavy atom. The van der Waals surface area contributed by atoms with Gasteiger partial charge >= 0.3 is 7.80 Å². The Kier molecular flexibility index (Phi) is 7.41. The molecule has 0 amide bonds. The van der Waals surface area contributed by atoms with Crippen molar-refractivity contribution in [1.82, 2.24) is 0 Å². The van der Waals surface area contributed by atoms with Gasteiger partial charge in [0.2, 0.25) is 0 Å². The van der Waals surface area contributed by atoms with Crippen LogP contribution in [-0.4, -0.2) is 22.5 Å². The van der Waals surface area contributed by atoms with Gasteiger partial charge in [0, 0.05) is 12.3 Å². The molecule has 2 unspecified atom stereocenters. The minimum atomic E-state index is -1.27. The van der Waals surface area contributed by atoms with Gasteiger partial charge < -0.3 is 10.2 Å². The van der Waals surface area contributed by atoms with Gasteiger partial charge in [-0.2, -0.15) is 0 Å². The Balaban J connectivity index is 0.00000338. The maximum atomic E-state index is 12.0. The van der Waals surface area contributed by atoms with Crippen molar-refractivity contribution in [2.24, 2.45) is 0 Å². The van der Waals surface area contributed by atoms with Crippen LogP contribution in [0.5, 0.6) is 11.5 Å². The fraction of sp³-hybridized carbons (Fsp3) is 0.455. The van der Waals surface area contributed by atoms with E-state index in [-0.39, 0.29) is 19.0 Å². The van der Waals surface area contributed by atoms with Crippen molar-refractivity contribution in [1.29, 1.82) is 0 Å². The zero-order chi connectivity index (χ0) is 18.9. The molecular weight excluding hydrogens is 343 g/mol. The SMILES string of the molecule is C.Cc1cc(C(CC(C)[P+](C)=O)c2cc(C)c(O)c(C)c2)cc(C)c1O. The Morgan fingerprint density at radius 1 is 0.846 bits per heavy atom. The Morgan fingerprint density at radius 2 is 1.15 bits per heavy atom. The summed E-state index contributed by atoms with van der Waals surface area (Å²) in [5.74, 6) is 0.732. The van der Waals surface area contributed by atoms with Crippen LogP contribution in [-0.2, 0) is 4.57 Å². The Hall–Kier alpha value is -1.86. The number of phenolic OH excluding ortho intramolecular Hbond substituents is 2. The van der Waals surface area contributed by atoms with Crippen molar-refractivity contribution < 1.29 is 14.8 Å². The summed E-state index contributed by atoms with van der Waals surface area (Å²) in [5.41, 5.74) is 5.70. The molecule has 26 heavy (non-hydrogen) atoms. The molecule has 0 radical (unpaired) electrons. The van der Waals surface area contributed by atoms with Crippen LogP contribution in [0.1, 0.15) is 60.1 Å². The molecule has 0 bridgehead atoms. The van der Waals surface area contributed by atoms with E-state index < -0.39 is 7.80 Å². The van der Waals surface area contributed by atoms with Crippen molar-refractivity contribution in [3.05, 3.63) is 57.6 Å². The third-order valence-electron chi connectivity index (χ3n) is 5.03. The number of hydrogen-bond donors (Lipinski definition) is 2. The molecule has 0 heterocycles. The molecule has 2 rings (SSSR count). The average Bonchev–Trinajstić information content (AvgIpc) is 2.54. The highest BCUT2D eigenvalue weighted by molar-refractivity contribution is 7.44. The molecule has 2 atom stereocenters. The summed E-state index contributed by atoms with van der Waals surface area (Å²) < 4.78 is 12.0. The summed E-state index contributed by atoms with van der Waals surface area (Å²) in [4.78, 5) is 0. The van der Waals surface area contributed by atoms with Crippen LogP contribution in [0, 0.1) is 27.7 Å². The lowest BCUT2D eigenvalue weighted by atomic mass is 9.84. The fourth-order valence-electron chi connectivity index (χ4n) is 3.34. The second-order valence-corrected chi connectivity index (χ2v) is 9.16. The highest BCUT2D eigenvalue weighted by Crippen LogP contribution is 2.40. The van der Waals surface area contributed by atoms with E-state index in [9.17, 15) is 14.8 Å². The quantitative estimate of drug-likeness (QED) is 0.600. The van der Waals surface area contributed by atoms with E-state index >= 15 is 0 Å². The predicted molar refractivity (Wildman–Crippen MR) is 111 cm³/mol. The average molecular weight is 375 g/mol. The van der Waals surface area contributed by atoms with Crippen LogP contribution in [0.2, 0.25) is 0 Å². The molecule has 2 N–H and O–H groups in total. The minimum Gasteiger partial charge on any atom is -0.507 e. The van der Waals surface area contributed by atoms with Crippen LogP contribution in [0.3, 0.4) is 0 Å². The maximum absolute atomic E-state index is 12.0. The molecule has 0 aliphatic rings. The molecule has 4 heteroatoms. The van der Waals surface area contributed by atoms with E-state index in [1.807, 2.05) is 58.9 Å². The number of phenols is 2. The van der Waals surface area contributed by atoms with Crippen LogP contribution in [0.25, 0.3) is 0 Å². The monoisotopic (exact) mass is 375 g/mol. The third-order valence-corrected chi connectivity index (χ3v) is 6.48. The van der Waals surface area contributed by atoms with Crippen molar-refractivity contribution >= 4 is 7.80 Å². The topological polar surface area (TPSA) is 57.5 Å². The van der Waals surface area contributed by atoms with E-state index in [0.717, 1.165) is 39.8 Å². The van der Waals surface area contributed by atoms with Crippen LogP contribution >= 0.6 is 7.80 Å². The van der Waals surface area contributed by atoms with Gasteiger partial charge in [0.25, 0.3) is 0 Å². The highest BCUT2D eigenvalue weighted by Gasteiger charge is 2.27. The van der Waals surface area contributed by atoms with E-state index in [4.69, 9.17) is 0 Å². The summed E-state index contributed by atoms with van der Waals surface area (Å²) in [5, 5.41) is 20.2. The van der Waals surface area contributed by atoms with Gasteiger partial charge in [-0.3, -0.25) is 0 Å². The first-order chi connectivity index (χ1) is 11.6. The normalized spacial score (nSPS) is 12.7. The number of benzene rings is 2. The molecular formula is C22H32O3P+. The number of aromatic hydroxyl groups is 2. The van der Waals surface area contributed by atoms with Crippen LogP contribution in [0.4, 0.5) is 0 Å².